The van der Waals surface area contributed by atoms with E-state index in [0.717, 1.165) is 13.0 Å². The van der Waals surface area contributed by atoms with E-state index in [-0.39, 0.29) is 11.8 Å². The molecule has 3 heterocycles. The van der Waals surface area contributed by atoms with Crippen LogP contribution in [0.1, 0.15) is 38.5 Å². The van der Waals surface area contributed by atoms with Gasteiger partial charge in [0, 0.05) is 24.7 Å². The van der Waals surface area contributed by atoms with E-state index in [4.69, 9.17) is 0 Å². The Hall–Kier alpha value is -0.610. The van der Waals surface area contributed by atoms with E-state index in [1.54, 1.807) is 0 Å². The highest BCUT2D eigenvalue weighted by atomic mass is 16.2. The Balaban J connectivity index is 1.46. The van der Waals surface area contributed by atoms with Gasteiger partial charge in [-0.3, -0.25) is 4.79 Å². The molecule has 4 atom stereocenters. The largest absolute Gasteiger partial charge is 0.354 e. The highest BCUT2D eigenvalue weighted by Crippen LogP contribution is 2.33. The fourth-order valence-electron chi connectivity index (χ4n) is 3.87. The van der Waals surface area contributed by atoms with Crippen LogP contribution in [-0.2, 0) is 4.79 Å². The Morgan fingerprint density at radius 3 is 2.89 bits per heavy atom. The molecule has 2 N–H and O–H groups in total. The molecule has 4 unspecified atom stereocenters. The van der Waals surface area contributed by atoms with E-state index in [1.165, 1.54) is 38.6 Å². The molecule has 3 fully saturated rings. The molecule has 0 aromatic rings. The van der Waals surface area contributed by atoms with Crippen LogP contribution in [0.3, 0.4) is 0 Å². The fraction of sp³-hybridized carbons (Fsp3) is 0.929. The Morgan fingerprint density at radius 1 is 1.33 bits per heavy atom. The predicted molar refractivity (Wildman–Crippen MR) is 71.3 cm³/mol. The van der Waals surface area contributed by atoms with Crippen LogP contribution in [-0.4, -0.2) is 49.1 Å². The van der Waals surface area contributed by atoms with Crippen molar-refractivity contribution in [2.75, 3.05) is 20.1 Å². The number of hydrogen-bond donors (Lipinski definition) is 2. The van der Waals surface area contributed by atoms with Crippen molar-refractivity contribution in [2.24, 2.45) is 5.92 Å². The summed E-state index contributed by atoms with van der Waals surface area (Å²) in [6.07, 6.45) is 7.34. The number of carbonyl (C=O) groups is 1. The molecule has 18 heavy (non-hydrogen) atoms. The number of nitrogens with zero attached hydrogens (tertiary/aromatic N) is 1. The Labute approximate surface area is 109 Å². The lowest BCUT2D eigenvalue weighted by Crippen LogP contribution is -2.47. The van der Waals surface area contributed by atoms with Crippen molar-refractivity contribution in [1.82, 2.24) is 15.5 Å². The van der Waals surface area contributed by atoms with Gasteiger partial charge < -0.3 is 15.5 Å². The first-order valence-electron chi connectivity index (χ1n) is 7.48. The van der Waals surface area contributed by atoms with Crippen LogP contribution in [0.2, 0.25) is 0 Å². The lowest BCUT2D eigenvalue weighted by Gasteiger charge is -2.33. The van der Waals surface area contributed by atoms with Crippen molar-refractivity contribution in [3.8, 4) is 0 Å². The Bertz CT molecular complexity index is 320. The molecular formula is C14H25N3O. The predicted octanol–water partition coefficient (Wildman–Crippen LogP) is 0.727. The molecule has 4 heteroatoms. The topological polar surface area (TPSA) is 44.4 Å². The number of fused-ring (bicyclic) bond motifs is 2. The van der Waals surface area contributed by atoms with Gasteiger partial charge in [-0.05, 0) is 45.7 Å². The standard InChI is InChI=1S/C14H25N3O/c1-17-7-3-2-4-11(17)9-15-14(18)12-8-10-5-6-13(12)16-10/h10-13,16H,2-9H2,1H3,(H,15,18). The molecule has 4 nitrogen and oxygen atoms in total. The number of carbonyl (C=O) groups excluding carboxylic acids is 1. The lowest BCUT2D eigenvalue weighted by molar-refractivity contribution is -0.125. The van der Waals surface area contributed by atoms with E-state index in [0.29, 0.717) is 18.1 Å². The number of piperidine rings is 1. The first kappa shape index (κ1) is 12.4. The molecule has 0 spiro atoms. The monoisotopic (exact) mass is 251 g/mol. The van der Waals surface area contributed by atoms with Gasteiger partial charge in [-0.1, -0.05) is 6.42 Å². The van der Waals surface area contributed by atoms with Gasteiger partial charge in [-0.15, -0.1) is 0 Å². The molecule has 1 amide bonds. The zero-order chi connectivity index (χ0) is 12.5. The number of hydrogen-bond acceptors (Lipinski definition) is 3. The van der Waals surface area contributed by atoms with Gasteiger partial charge in [0.05, 0.1) is 5.92 Å². The molecule has 0 aromatic heterocycles. The maximum absolute atomic E-state index is 12.2. The fourth-order valence-corrected chi connectivity index (χ4v) is 3.87. The van der Waals surface area contributed by atoms with Crippen LogP contribution >= 0.6 is 0 Å². The molecule has 102 valence electrons. The van der Waals surface area contributed by atoms with Crippen LogP contribution in [0, 0.1) is 5.92 Å². The third-order valence-corrected chi connectivity index (χ3v) is 5.07. The van der Waals surface area contributed by atoms with E-state index in [1.807, 2.05) is 0 Å². The zero-order valence-electron chi connectivity index (χ0n) is 11.3. The van der Waals surface area contributed by atoms with Gasteiger partial charge >= 0.3 is 0 Å². The Kier molecular flexibility index (Phi) is 3.57. The maximum Gasteiger partial charge on any atom is 0.224 e. The van der Waals surface area contributed by atoms with Crippen molar-refractivity contribution in [3.05, 3.63) is 0 Å². The minimum atomic E-state index is 0.234. The molecule has 0 aliphatic carbocycles. The van der Waals surface area contributed by atoms with Crippen LogP contribution in [0.15, 0.2) is 0 Å². The molecule has 3 saturated heterocycles. The third-order valence-electron chi connectivity index (χ3n) is 5.07. The SMILES string of the molecule is CN1CCCCC1CNC(=O)C1CC2CCC1N2. The van der Waals surface area contributed by atoms with Gasteiger partial charge in [0.25, 0.3) is 0 Å². The second-order valence-electron chi connectivity index (χ2n) is 6.26. The van der Waals surface area contributed by atoms with Crippen LogP contribution in [0.5, 0.6) is 0 Å². The van der Waals surface area contributed by atoms with E-state index >= 15 is 0 Å². The van der Waals surface area contributed by atoms with Crippen molar-refractivity contribution in [1.29, 1.82) is 0 Å². The Morgan fingerprint density at radius 2 is 2.22 bits per heavy atom. The normalized spacial score (nSPS) is 40.1. The van der Waals surface area contributed by atoms with E-state index in [9.17, 15) is 4.79 Å². The number of rotatable bonds is 3. The summed E-state index contributed by atoms with van der Waals surface area (Å²) < 4.78 is 0. The van der Waals surface area contributed by atoms with Gasteiger partial charge in [0.15, 0.2) is 0 Å². The summed E-state index contributed by atoms with van der Waals surface area (Å²) in [6.45, 7) is 2.01. The van der Waals surface area contributed by atoms with Crippen LogP contribution in [0.4, 0.5) is 0 Å². The van der Waals surface area contributed by atoms with Crippen LogP contribution < -0.4 is 10.6 Å². The van der Waals surface area contributed by atoms with Crippen molar-refractivity contribution in [3.63, 3.8) is 0 Å². The average Bonchev–Trinajstić information content (AvgIpc) is 2.99. The summed E-state index contributed by atoms with van der Waals surface area (Å²) >= 11 is 0. The summed E-state index contributed by atoms with van der Waals surface area (Å²) in [4.78, 5) is 14.6. The average molecular weight is 251 g/mol. The van der Waals surface area contributed by atoms with Gasteiger partial charge in [0.2, 0.25) is 5.91 Å². The quantitative estimate of drug-likeness (QED) is 0.777. The molecule has 3 aliphatic rings. The first-order valence-corrected chi connectivity index (χ1v) is 7.48. The number of likely N-dealkylation sites (N-methyl/N-ethyl adjacent to an activating group) is 1. The summed E-state index contributed by atoms with van der Waals surface area (Å²) in [5, 5.41) is 6.72. The highest BCUT2D eigenvalue weighted by molar-refractivity contribution is 5.80. The van der Waals surface area contributed by atoms with Crippen molar-refractivity contribution in [2.45, 2.75) is 56.7 Å². The molecular weight excluding hydrogens is 226 g/mol. The second-order valence-corrected chi connectivity index (χ2v) is 6.26. The van der Waals surface area contributed by atoms with E-state index < -0.39 is 0 Å². The maximum atomic E-state index is 12.2. The summed E-state index contributed by atoms with van der Waals surface area (Å²) in [6, 6.07) is 1.62. The summed E-state index contributed by atoms with van der Waals surface area (Å²) in [5.74, 6) is 0.520. The first-order chi connectivity index (χ1) is 8.74. The minimum Gasteiger partial charge on any atom is -0.354 e. The molecule has 0 aromatic carbocycles. The number of nitrogens with one attached hydrogen (secondary N) is 2. The molecule has 0 radical (unpaired) electrons. The third kappa shape index (κ3) is 2.41. The van der Waals surface area contributed by atoms with Crippen LogP contribution in [0.25, 0.3) is 0 Å². The summed E-state index contributed by atoms with van der Waals surface area (Å²) in [5.41, 5.74) is 0. The number of amides is 1. The molecule has 0 saturated carbocycles. The molecule has 3 aliphatic heterocycles. The second kappa shape index (κ2) is 5.17. The van der Waals surface area contributed by atoms with Gasteiger partial charge in [-0.2, -0.15) is 0 Å². The minimum absolute atomic E-state index is 0.234. The molecule has 3 rings (SSSR count). The zero-order valence-corrected chi connectivity index (χ0v) is 11.3. The van der Waals surface area contributed by atoms with E-state index in [2.05, 4.69) is 22.6 Å². The smallest absolute Gasteiger partial charge is 0.224 e. The van der Waals surface area contributed by atoms with Gasteiger partial charge in [-0.25, -0.2) is 0 Å². The van der Waals surface area contributed by atoms with Crippen molar-refractivity contribution >= 4 is 5.91 Å². The highest BCUT2D eigenvalue weighted by Gasteiger charge is 2.42. The molecule has 2 bridgehead atoms. The summed E-state index contributed by atoms with van der Waals surface area (Å²) in [7, 11) is 2.18. The van der Waals surface area contributed by atoms with Gasteiger partial charge in [0.1, 0.15) is 0 Å². The number of likely N-dealkylation sites (tertiary alicyclic amines) is 1. The lowest BCUT2D eigenvalue weighted by atomic mass is 9.88. The van der Waals surface area contributed by atoms with Crippen molar-refractivity contribution < 1.29 is 4.79 Å².